The van der Waals surface area contributed by atoms with Crippen LogP contribution in [0.15, 0.2) is 36.7 Å². The number of nitrogens with one attached hydrogen (secondary N) is 4. The highest BCUT2D eigenvalue weighted by Gasteiger charge is 2.23. The van der Waals surface area contributed by atoms with Crippen LogP contribution in [0.5, 0.6) is 0 Å². The Morgan fingerprint density at radius 2 is 1.77 bits per heavy atom. The van der Waals surface area contributed by atoms with E-state index in [1.54, 1.807) is 6.20 Å². The van der Waals surface area contributed by atoms with E-state index >= 15 is 0 Å². The number of aromatic nitrogens is 3. The molecule has 1 aliphatic carbocycles. The first kappa shape index (κ1) is 20.7. The molecule has 0 bridgehead atoms. The maximum Gasteiger partial charge on any atom is 0.223 e. The molecule has 0 radical (unpaired) electrons. The molecule has 0 spiro atoms. The molecule has 0 unspecified atom stereocenters. The van der Waals surface area contributed by atoms with Crippen LogP contribution in [-0.4, -0.2) is 46.7 Å². The first-order chi connectivity index (χ1) is 15.3. The molecule has 3 heterocycles. The van der Waals surface area contributed by atoms with Crippen LogP contribution in [0.3, 0.4) is 0 Å². The molecule has 2 fully saturated rings. The number of rotatable bonds is 6. The molecule has 1 saturated carbocycles. The van der Waals surface area contributed by atoms with Crippen molar-refractivity contribution in [2.24, 2.45) is 5.92 Å². The average molecular weight is 439 g/mol. The van der Waals surface area contributed by atoms with E-state index in [0.29, 0.717) is 23.1 Å². The summed E-state index contributed by atoms with van der Waals surface area (Å²) in [7, 11) is 0. The molecular formula is C24H31ClN6. The van der Waals surface area contributed by atoms with Crippen molar-refractivity contribution in [3.05, 3.63) is 41.7 Å². The number of halogens is 1. The van der Waals surface area contributed by atoms with Crippen molar-refractivity contribution in [1.29, 1.82) is 0 Å². The van der Waals surface area contributed by atoms with Crippen LogP contribution in [0.25, 0.3) is 22.2 Å². The highest BCUT2D eigenvalue weighted by atomic mass is 35.5. The highest BCUT2D eigenvalue weighted by molar-refractivity contribution is 6.33. The number of H-pyrrole nitrogens is 1. The summed E-state index contributed by atoms with van der Waals surface area (Å²) in [6.07, 6.45) is 11.0. The van der Waals surface area contributed by atoms with Crippen LogP contribution in [0.2, 0.25) is 5.02 Å². The van der Waals surface area contributed by atoms with E-state index in [2.05, 4.69) is 38.1 Å². The molecule has 7 heteroatoms. The number of para-hydroxylation sites is 1. The first-order valence-electron chi connectivity index (χ1n) is 11.6. The van der Waals surface area contributed by atoms with E-state index in [0.717, 1.165) is 40.9 Å². The van der Waals surface area contributed by atoms with Crippen LogP contribution < -0.4 is 16.0 Å². The van der Waals surface area contributed by atoms with Crippen molar-refractivity contribution in [1.82, 2.24) is 25.6 Å². The quantitative estimate of drug-likeness (QED) is 0.452. The van der Waals surface area contributed by atoms with E-state index < -0.39 is 0 Å². The Labute approximate surface area is 188 Å². The van der Waals surface area contributed by atoms with E-state index in [4.69, 9.17) is 16.6 Å². The number of nitrogens with zero attached hydrogens (tertiary/aromatic N) is 2. The standard InChI is InChI=1S/C24H31ClN6/c25-21-15-29-24(31-23(21)20-14-28-22-4-2-1-3-19(20)22)30-18-7-5-17(6-8-18)27-13-16-9-11-26-12-10-16/h1-4,14-18,26-28H,5-13H2,(H,29,30,31)/t17-,18-. The maximum absolute atomic E-state index is 6.47. The Morgan fingerprint density at radius 1 is 1.00 bits per heavy atom. The summed E-state index contributed by atoms with van der Waals surface area (Å²) in [6.45, 7) is 3.51. The van der Waals surface area contributed by atoms with Crippen LogP contribution in [-0.2, 0) is 0 Å². The lowest BCUT2D eigenvalue weighted by atomic mass is 9.90. The molecule has 0 amide bonds. The van der Waals surface area contributed by atoms with Gasteiger partial charge in [-0.3, -0.25) is 0 Å². The van der Waals surface area contributed by atoms with Crippen LogP contribution >= 0.6 is 11.6 Å². The molecule has 1 saturated heterocycles. The van der Waals surface area contributed by atoms with E-state index in [1.807, 2.05) is 18.3 Å². The molecule has 1 aliphatic heterocycles. The van der Waals surface area contributed by atoms with Gasteiger partial charge in [-0.05, 0) is 70.1 Å². The Balaban J connectivity index is 1.19. The number of piperidine rings is 1. The zero-order chi connectivity index (χ0) is 21.0. The summed E-state index contributed by atoms with van der Waals surface area (Å²) in [4.78, 5) is 12.5. The third-order valence-corrected chi connectivity index (χ3v) is 7.08. The van der Waals surface area contributed by atoms with Gasteiger partial charge in [0.1, 0.15) is 0 Å². The van der Waals surface area contributed by atoms with Gasteiger partial charge in [0.2, 0.25) is 5.95 Å². The fourth-order valence-corrected chi connectivity index (χ4v) is 5.13. The third kappa shape index (κ3) is 4.86. The van der Waals surface area contributed by atoms with Crippen molar-refractivity contribution in [3.63, 3.8) is 0 Å². The smallest absolute Gasteiger partial charge is 0.223 e. The SMILES string of the molecule is Clc1cnc(N[C@H]2CC[C@H](NCC3CCNCC3)CC2)nc1-c1c[nH]c2ccccc12. The fraction of sp³-hybridized carbons (Fsp3) is 0.500. The van der Waals surface area contributed by atoms with Gasteiger partial charge in [-0.15, -0.1) is 0 Å². The maximum atomic E-state index is 6.47. The molecule has 4 N–H and O–H groups in total. The van der Waals surface area contributed by atoms with Gasteiger partial charge in [-0.25, -0.2) is 9.97 Å². The number of fused-ring (bicyclic) bond motifs is 1. The van der Waals surface area contributed by atoms with Gasteiger partial charge in [0, 0.05) is 34.7 Å². The van der Waals surface area contributed by atoms with Gasteiger partial charge in [0.05, 0.1) is 16.9 Å². The van der Waals surface area contributed by atoms with E-state index in [1.165, 1.54) is 45.3 Å². The zero-order valence-electron chi connectivity index (χ0n) is 17.8. The Morgan fingerprint density at radius 3 is 2.61 bits per heavy atom. The van der Waals surface area contributed by atoms with Gasteiger partial charge in [-0.1, -0.05) is 29.8 Å². The van der Waals surface area contributed by atoms with E-state index in [9.17, 15) is 0 Å². The minimum Gasteiger partial charge on any atom is -0.360 e. The van der Waals surface area contributed by atoms with Crippen LogP contribution in [0.1, 0.15) is 38.5 Å². The molecule has 1 aromatic carbocycles. The predicted molar refractivity (Wildman–Crippen MR) is 128 cm³/mol. The second-order valence-electron chi connectivity index (χ2n) is 8.93. The lowest BCUT2D eigenvalue weighted by molar-refractivity contribution is 0.301. The number of aromatic amines is 1. The first-order valence-corrected chi connectivity index (χ1v) is 11.9. The average Bonchev–Trinajstić information content (AvgIpc) is 3.25. The summed E-state index contributed by atoms with van der Waals surface area (Å²) >= 11 is 6.47. The monoisotopic (exact) mass is 438 g/mol. The largest absolute Gasteiger partial charge is 0.360 e. The number of hydrogen-bond donors (Lipinski definition) is 4. The van der Waals surface area contributed by atoms with Crippen molar-refractivity contribution >= 4 is 28.5 Å². The number of benzene rings is 1. The fourth-order valence-electron chi connectivity index (χ4n) is 4.94. The minimum absolute atomic E-state index is 0.411. The van der Waals surface area contributed by atoms with Gasteiger partial charge >= 0.3 is 0 Å². The normalized spacial score (nSPS) is 22.6. The lowest BCUT2D eigenvalue weighted by Crippen LogP contribution is -2.41. The Bertz CT molecular complexity index is 1000. The van der Waals surface area contributed by atoms with Gasteiger partial charge < -0.3 is 20.9 Å². The molecule has 0 atom stereocenters. The predicted octanol–water partition coefficient (Wildman–Crippen LogP) is 4.59. The van der Waals surface area contributed by atoms with Crippen LogP contribution in [0, 0.1) is 5.92 Å². The summed E-state index contributed by atoms with van der Waals surface area (Å²) in [5, 5.41) is 12.5. The number of anilines is 1. The Hall–Kier alpha value is -2.15. The van der Waals surface area contributed by atoms with Crippen molar-refractivity contribution in [2.75, 3.05) is 25.0 Å². The lowest BCUT2D eigenvalue weighted by Gasteiger charge is -2.31. The highest BCUT2D eigenvalue weighted by Crippen LogP contribution is 2.32. The zero-order valence-corrected chi connectivity index (χ0v) is 18.6. The van der Waals surface area contributed by atoms with Gasteiger partial charge in [0.25, 0.3) is 0 Å². The minimum atomic E-state index is 0.411. The molecule has 2 aromatic heterocycles. The molecule has 2 aliphatic rings. The molecule has 6 nitrogen and oxygen atoms in total. The van der Waals surface area contributed by atoms with Crippen molar-refractivity contribution in [2.45, 2.75) is 50.6 Å². The molecular weight excluding hydrogens is 408 g/mol. The summed E-state index contributed by atoms with van der Waals surface area (Å²) in [5.41, 5.74) is 2.86. The van der Waals surface area contributed by atoms with Crippen molar-refractivity contribution < 1.29 is 0 Å². The summed E-state index contributed by atoms with van der Waals surface area (Å²) in [6, 6.07) is 9.25. The number of hydrogen-bond acceptors (Lipinski definition) is 5. The summed E-state index contributed by atoms with van der Waals surface area (Å²) < 4.78 is 0. The topological polar surface area (TPSA) is 77.7 Å². The second-order valence-corrected chi connectivity index (χ2v) is 9.34. The molecule has 5 rings (SSSR count). The van der Waals surface area contributed by atoms with Crippen molar-refractivity contribution in [3.8, 4) is 11.3 Å². The van der Waals surface area contributed by atoms with E-state index in [-0.39, 0.29) is 0 Å². The van der Waals surface area contributed by atoms with Gasteiger partial charge in [0.15, 0.2) is 0 Å². The molecule has 164 valence electrons. The second kappa shape index (κ2) is 9.55. The molecule has 3 aromatic rings. The van der Waals surface area contributed by atoms with Gasteiger partial charge in [-0.2, -0.15) is 0 Å². The third-order valence-electron chi connectivity index (χ3n) is 6.80. The Kier molecular flexibility index (Phi) is 6.39. The summed E-state index contributed by atoms with van der Waals surface area (Å²) in [5.74, 6) is 1.50. The van der Waals surface area contributed by atoms with Crippen LogP contribution in [0.4, 0.5) is 5.95 Å². The molecule has 31 heavy (non-hydrogen) atoms.